The van der Waals surface area contributed by atoms with Gasteiger partial charge in [-0.25, -0.2) is 9.78 Å². The van der Waals surface area contributed by atoms with E-state index in [1.54, 1.807) is 18.5 Å². The van der Waals surface area contributed by atoms with Gasteiger partial charge in [-0.05, 0) is 31.9 Å². The number of aromatic nitrogens is 2. The average Bonchev–Trinajstić information content (AvgIpc) is 2.85. The molecule has 82 valence electrons. The van der Waals surface area contributed by atoms with Crippen LogP contribution in [0.4, 0.5) is 0 Å². The van der Waals surface area contributed by atoms with Gasteiger partial charge in [0.15, 0.2) is 0 Å². The summed E-state index contributed by atoms with van der Waals surface area (Å²) < 4.78 is 2.09. The predicted octanol–water partition coefficient (Wildman–Crippen LogP) is 2.24. The van der Waals surface area contributed by atoms with Crippen LogP contribution >= 0.6 is 0 Å². The number of hydrogen-bond acceptors (Lipinski definition) is 2. The first-order chi connectivity index (χ1) is 7.62. The van der Waals surface area contributed by atoms with E-state index in [4.69, 9.17) is 5.11 Å². The first kappa shape index (κ1) is 9.39. The molecule has 1 aliphatic rings. The van der Waals surface area contributed by atoms with E-state index < -0.39 is 5.97 Å². The zero-order valence-electron chi connectivity index (χ0n) is 8.97. The number of benzene rings is 1. The van der Waals surface area contributed by atoms with Gasteiger partial charge in [0, 0.05) is 5.54 Å². The lowest BCUT2D eigenvalue weighted by molar-refractivity contribution is 0.0699. The molecule has 16 heavy (non-hydrogen) atoms. The van der Waals surface area contributed by atoms with Crippen molar-refractivity contribution < 1.29 is 9.90 Å². The van der Waals surface area contributed by atoms with E-state index in [0.717, 1.165) is 18.4 Å². The molecule has 3 rings (SSSR count). The van der Waals surface area contributed by atoms with Crippen LogP contribution in [-0.2, 0) is 5.54 Å². The smallest absolute Gasteiger partial charge is 0.337 e. The van der Waals surface area contributed by atoms with Crippen LogP contribution in [-0.4, -0.2) is 20.6 Å². The highest BCUT2D eigenvalue weighted by molar-refractivity contribution is 6.01. The number of rotatable bonds is 2. The Labute approximate surface area is 92.5 Å². The van der Waals surface area contributed by atoms with Gasteiger partial charge < -0.3 is 9.67 Å². The largest absolute Gasteiger partial charge is 0.478 e. The number of aromatic carboxylic acids is 1. The van der Waals surface area contributed by atoms with E-state index in [1.165, 1.54) is 0 Å². The molecule has 0 aliphatic heterocycles. The molecule has 0 saturated heterocycles. The van der Waals surface area contributed by atoms with Crippen LogP contribution in [0.3, 0.4) is 0 Å². The normalized spacial score (nSPS) is 17.6. The van der Waals surface area contributed by atoms with Crippen LogP contribution in [0.15, 0.2) is 24.5 Å². The molecule has 0 atom stereocenters. The fourth-order valence-corrected chi connectivity index (χ4v) is 2.06. The lowest BCUT2D eigenvalue weighted by atomic mass is 10.2. The third-order valence-corrected chi connectivity index (χ3v) is 3.36. The molecular weight excluding hydrogens is 204 g/mol. The SMILES string of the molecule is CC1(n2cnc3c(C(=O)O)cccc32)CC1. The van der Waals surface area contributed by atoms with Gasteiger partial charge in [-0.3, -0.25) is 0 Å². The third kappa shape index (κ3) is 1.16. The van der Waals surface area contributed by atoms with Crippen molar-refractivity contribution in [2.24, 2.45) is 0 Å². The van der Waals surface area contributed by atoms with Gasteiger partial charge in [0.2, 0.25) is 0 Å². The van der Waals surface area contributed by atoms with Gasteiger partial charge in [-0.15, -0.1) is 0 Å². The first-order valence-corrected chi connectivity index (χ1v) is 5.32. The van der Waals surface area contributed by atoms with Gasteiger partial charge in [-0.1, -0.05) is 6.07 Å². The molecule has 0 spiro atoms. The highest BCUT2D eigenvalue weighted by Gasteiger charge is 2.40. The molecule has 1 N–H and O–H groups in total. The summed E-state index contributed by atoms with van der Waals surface area (Å²) in [5, 5.41) is 9.06. The van der Waals surface area contributed by atoms with Crippen molar-refractivity contribution in [1.29, 1.82) is 0 Å². The zero-order chi connectivity index (χ0) is 11.3. The number of imidazole rings is 1. The lowest BCUT2D eigenvalue weighted by Gasteiger charge is -2.11. The van der Waals surface area contributed by atoms with E-state index in [2.05, 4.69) is 16.5 Å². The molecule has 1 heterocycles. The minimum atomic E-state index is -0.920. The highest BCUT2D eigenvalue weighted by atomic mass is 16.4. The fourth-order valence-electron chi connectivity index (χ4n) is 2.06. The number of hydrogen-bond donors (Lipinski definition) is 1. The van der Waals surface area contributed by atoms with Gasteiger partial charge in [0.25, 0.3) is 0 Å². The number of nitrogens with zero attached hydrogens (tertiary/aromatic N) is 2. The Morgan fingerprint density at radius 2 is 2.25 bits per heavy atom. The molecule has 1 fully saturated rings. The fraction of sp³-hybridized carbons (Fsp3) is 0.333. The molecule has 4 nitrogen and oxygen atoms in total. The minimum absolute atomic E-state index is 0.145. The van der Waals surface area contributed by atoms with Crippen molar-refractivity contribution >= 4 is 17.0 Å². The number of carboxylic acids is 1. The topological polar surface area (TPSA) is 55.1 Å². The number of carbonyl (C=O) groups is 1. The van der Waals surface area contributed by atoms with E-state index in [1.807, 2.05) is 6.07 Å². The summed E-state index contributed by atoms with van der Waals surface area (Å²) in [5.74, 6) is -0.920. The van der Waals surface area contributed by atoms with E-state index in [9.17, 15) is 4.79 Å². The second-order valence-electron chi connectivity index (χ2n) is 4.59. The zero-order valence-corrected chi connectivity index (χ0v) is 8.97. The quantitative estimate of drug-likeness (QED) is 0.837. The van der Waals surface area contributed by atoms with Crippen LogP contribution in [0.2, 0.25) is 0 Å². The summed E-state index contributed by atoms with van der Waals surface area (Å²) in [7, 11) is 0. The Kier molecular flexibility index (Phi) is 1.67. The van der Waals surface area contributed by atoms with Gasteiger partial charge in [-0.2, -0.15) is 0 Å². The van der Waals surface area contributed by atoms with Crippen molar-refractivity contribution in [1.82, 2.24) is 9.55 Å². The standard InChI is InChI=1S/C12H12N2O2/c1-12(5-6-12)14-7-13-10-8(11(15)16)3-2-4-9(10)14/h2-4,7H,5-6H2,1H3,(H,15,16). The monoisotopic (exact) mass is 216 g/mol. The van der Waals surface area contributed by atoms with Crippen molar-refractivity contribution in [3.8, 4) is 0 Å². The Morgan fingerprint density at radius 1 is 1.50 bits per heavy atom. The molecule has 1 saturated carbocycles. The molecule has 0 amide bonds. The molecular formula is C12H12N2O2. The number of carboxylic acid groups (broad SMARTS) is 1. The van der Waals surface area contributed by atoms with Crippen LogP contribution in [0, 0.1) is 0 Å². The summed E-state index contributed by atoms with van der Waals surface area (Å²) in [4.78, 5) is 15.3. The maximum atomic E-state index is 11.0. The van der Waals surface area contributed by atoms with Crippen LogP contribution in [0.1, 0.15) is 30.1 Å². The average molecular weight is 216 g/mol. The van der Waals surface area contributed by atoms with E-state index >= 15 is 0 Å². The summed E-state index contributed by atoms with van der Waals surface area (Å²) in [6.45, 7) is 2.17. The van der Waals surface area contributed by atoms with Gasteiger partial charge in [0.1, 0.15) is 5.52 Å². The third-order valence-electron chi connectivity index (χ3n) is 3.36. The Morgan fingerprint density at radius 3 is 2.88 bits per heavy atom. The Hall–Kier alpha value is -1.84. The van der Waals surface area contributed by atoms with Crippen molar-refractivity contribution in [3.63, 3.8) is 0 Å². The molecule has 0 unspecified atom stereocenters. The first-order valence-electron chi connectivity index (χ1n) is 5.32. The van der Waals surface area contributed by atoms with Crippen molar-refractivity contribution in [3.05, 3.63) is 30.1 Å². The van der Waals surface area contributed by atoms with E-state index in [0.29, 0.717) is 5.52 Å². The molecule has 4 heteroatoms. The van der Waals surface area contributed by atoms with Crippen LogP contribution in [0.25, 0.3) is 11.0 Å². The summed E-state index contributed by atoms with van der Waals surface area (Å²) >= 11 is 0. The second kappa shape index (κ2) is 2.84. The van der Waals surface area contributed by atoms with Crippen molar-refractivity contribution in [2.75, 3.05) is 0 Å². The van der Waals surface area contributed by atoms with E-state index in [-0.39, 0.29) is 11.1 Å². The minimum Gasteiger partial charge on any atom is -0.478 e. The molecule has 1 aliphatic carbocycles. The van der Waals surface area contributed by atoms with Crippen LogP contribution in [0.5, 0.6) is 0 Å². The molecule has 2 aromatic rings. The Balaban J connectivity index is 2.28. The van der Waals surface area contributed by atoms with Gasteiger partial charge in [0.05, 0.1) is 17.4 Å². The number of para-hydroxylation sites is 1. The summed E-state index contributed by atoms with van der Waals surface area (Å²) in [5.41, 5.74) is 1.93. The molecule has 0 bridgehead atoms. The molecule has 0 radical (unpaired) electrons. The predicted molar refractivity (Wildman–Crippen MR) is 59.6 cm³/mol. The molecule has 1 aromatic carbocycles. The van der Waals surface area contributed by atoms with Gasteiger partial charge >= 0.3 is 5.97 Å². The highest BCUT2D eigenvalue weighted by Crippen LogP contribution is 2.44. The lowest BCUT2D eigenvalue weighted by Crippen LogP contribution is -2.10. The second-order valence-corrected chi connectivity index (χ2v) is 4.59. The maximum Gasteiger partial charge on any atom is 0.337 e. The Bertz CT molecular complexity index is 582. The maximum absolute atomic E-state index is 11.0. The van der Waals surface area contributed by atoms with Crippen LogP contribution < -0.4 is 0 Å². The molecule has 1 aromatic heterocycles. The summed E-state index contributed by atoms with van der Waals surface area (Å²) in [6, 6.07) is 5.30. The summed E-state index contributed by atoms with van der Waals surface area (Å²) in [6.07, 6.45) is 4.02. The number of fused-ring (bicyclic) bond motifs is 1. The van der Waals surface area contributed by atoms with Crippen molar-refractivity contribution in [2.45, 2.75) is 25.3 Å².